The van der Waals surface area contributed by atoms with E-state index in [9.17, 15) is 5.11 Å². The van der Waals surface area contributed by atoms with Crippen LogP contribution >= 0.6 is 0 Å². The van der Waals surface area contributed by atoms with Crippen LogP contribution in [0.25, 0.3) is 0 Å². The van der Waals surface area contributed by atoms with E-state index in [1.807, 2.05) is 32.1 Å². The van der Waals surface area contributed by atoms with Crippen LogP contribution in [0, 0.1) is 11.8 Å². The number of hydrogen-bond acceptors (Lipinski definition) is 7. The summed E-state index contributed by atoms with van der Waals surface area (Å²) in [6.07, 6.45) is 6.08. The second kappa shape index (κ2) is 12.4. The van der Waals surface area contributed by atoms with Gasteiger partial charge in [0.15, 0.2) is 6.29 Å². The summed E-state index contributed by atoms with van der Waals surface area (Å²) >= 11 is 0. The molecule has 0 aromatic carbocycles. The van der Waals surface area contributed by atoms with Gasteiger partial charge in [-0.25, -0.2) is 0 Å². The summed E-state index contributed by atoms with van der Waals surface area (Å²) in [7, 11) is 6.71. The minimum atomic E-state index is -0.555. The van der Waals surface area contributed by atoms with Gasteiger partial charge in [-0.1, -0.05) is 39.0 Å². The Balaban J connectivity index is 1.96. The number of ether oxygens (including phenoxy) is 6. The van der Waals surface area contributed by atoms with Crippen molar-refractivity contribution in [3.8, 4) is 0 Å². The van der Waals surface area contributed by atoms with Crippen LogP contribution in [0.4, 0.5) is 0 Å². The summed E-state index contributed by atoms with van der Waals surface area (Å²) in [6.45, 7) is 8.23. The Morgan fingerprint density at radius 3 is 2.32 bits per heavy atom. The molecule has 0 aromatic rings. The smallest absolute Gasteiger partial charge is 0.160 e. The van der Waals surface area contributed by atoms with E-state index in [2.05, 4.69) is 13.8 Å². The van der Waals surface area contributed by atoms with Gasteiger partial charge in [-0.05, 0) is 18.9 Å². The Morgan fingerprint density at radius 2 is 1.77 bits per heavy atom. The van der Waals surface area contributed by atoms with Crippen molar-refractivity contribution in [2.45, 2.75) is 89.6 Å². The fourth-order valence-corrected chi connectivity index (χ4v) is 4.53. The van der Waals surface area contributed by atoms with E-state index in [0.717, 1.165) is 12.0 Å². The van der Waals surface area contributed by atoms with Gasteiger partial charge in [-0.2, -0.15) is 0 Å². The molecule has 0 spiro atoms. The highest BCUT2D eigenvalue weighted by molar-refractivity contribution is 5.18. The molecule has 2 fully saturated rings. The molecular formula is C24H42O7. The maximum absolute atomic E-state index is 10.7. The molecule has 0 bridgehead atoms. The Morgan fingerprint density at radius 1 is 1.06 bits per heavy atom. The van der Waals surface area contributed by atoms with Gasteiger partial charge in [0.2, 0.25) is 0 Å². The average molecular weight is 443 g/mol. The third-order valence-corrected chi connectivity index (χ3v) is 6.69. The first-order chi connectivity index (χ1) is 14.8. The maximum Gasteiger partial charge on any atom is 0.160 e. The zero-order valence-electron chi connectivity index (χ0n) is 20.3. The quantitative estimate of drug-likeness (QED) is 0.367. The van der Waals surface area contributed by atoms with Gasteiger partial charge >= 0.3 is 0 Å². The minimum Gasteiger partial charge on any atom is -0.390 e. The molecule has 2 rings (SSSR count). The van der Waals surface area contributed by atoms with E-state index in [4.69, 9.17) is 28.4 Å². The van der Waals surface area contributed by atoms with Crippen LogP contribution in [0.3, 0.4) is 0 Å². The SMILES string of the molecule is CC[C@H](OC)[C@@H](C)[C@@H]1O[C@H]1[C@H](O)[C@@H](C)/C=C/C=C(\C)[C@@H]1O[C@@H](OC)C[C@H](OC)[C@H]1OC. The first kappa shape index (κ1) is 26.5. The second-order valence-electron chi connectivity index (χ2n) is 8.68. The van der Waals surface area contributed by atoms with E-state index >= 15 is 0 Å². The van der Waals surface area contributed by atoms with E-state index in [-0.39, 0.29) is 54.7 Å². The van der Waals surface area contributed by atoms with Crippen molar-refractivity contribution in [2.24, 2.45) is 11.8 Å². The van der Waals surface area contributed by atoms with E-state index in [1.165, 1.54) is 0 Å². The second-order valence-corrected chi connectivity index (χ2v) is 8.68. The first-order valence-corrected chi connectivity index (χ1v) is 11.3. The highest BCUT2D eigenvalue weighted by Gasteiger charge is 2.50. The van der Waals surface area contributed by atoms with Crippen molar-refractivity contribution < 1.29 is 33.5 Å². The maximum atomic E-state index is 10.7. The lowest BCUT2D eigenvalue weighted by Gasteiger charge is -2.40. The molecule has 0 unspecified atom stereocenters. The molecule has 2 aliphatic rings. The molecule has 1 N–H and O–H groups in total. The summed E-state index contributed by atoms with van der Waals surface area (Å²) in [5, 5.41) is 10.7. The molecule has 180 valence electrons. The summed E-state index contributed by atoms with van der Waals surface area (Å²) in [5.41, 5.74) is 1.01. The van der Waals surface area contributed by atoms with Gasteiger partial charge in [-0.3, -0.25) is 0 Å². The molecule has 0 saturated carbocycles. The molecule has 7 nitrogen and oxygen atoms in total. The van der Waals surface area contributed by atoms with Gasteiger partial charge in [-0.15, -0.1) is 0 Å². The number of allylic oxidation sites excluding steroid dienone is 2. The van der Waals surface area contributed by atoms with Crippen LogP contribution in [-0.4, -0.2) is 82.6 Å². The van der Waals surface area contributed by atoms with Gasteiger partial charge in [0.05, 0.1) is 24.4 Å². The average Bonchev–Trinajstić information content (AvgIpc) is 3.58. The van der Waals surface area contributed by atoms with Gasteiger partial charge in [0, 0.05) is 46.7 Å². The molecule has 31 heavy (non-hydrogen) atoms. The zero-order chi connectivity index (χ0) is 23.1. The summed E-state index contributed by atoms with van der Waals surface area (Å²) in [6, 6.07) is 0. The van der Waals surface area contributed by atoms with Crippen molar-refractivity contribution in [3.05, 3.63) is 23.8 Å². The summed E-state index contributed by atoms with van der Waals surface area (Å²) in [5.74, 6) is 0.211. The molecule has 2 heterocycles. The number of methoxy groups -OCH3 is 4. The molecule has 0 aromatic heterocycles. The number of aliphatic hydroxyl groups excluding tert-OH is 1. The topological polar surface area (TPSA) is 78.9 Å². The van der Waals surface area contributed by atoms with Gasteiger partial charge in [0.1, 0.15) is 18.3 Å². The molecule has 0 amide bonds. The van der Waals surface area contributed by atoms with E-state index in [1.54, 1.807) is 28.4 Å². The molecule has 2 aliphatic heterocycles. The highest BCUT2D eigenvalue weighted by Crippen LogP contribution is 2.37. The van der Waals surface area contributed by atoms with Crippen LogP contribution in [0.5, 0.6) is 0 Å². The van der Waals surface area contributed by atoms with E-state index < -0.39 is 6.10 Å². The first-order valence-electron chi connectivity index (χ1n) is 11.3. The lowest BCUT2D eigenvalue weighted by molar-refractivity contribution is -0.241. The van der Waals surface area contributed by atoms with Gasteiger partial charge in [0.25, 0.3) is 0 Å². The largest absolute Gasteiger partial charge is 0.390 e. The van der Waals surface area contributed by atoms with Crippen molar-refractivity contribution in [1.29, 1.82) is 0 Å². The number of rotatable bonds is 12. The highest BCUT2D eigenvalue weighted by atomic mass is 16.7. The Hall–Kier alpha value is -0.800. The molecule has 0 aliphatic carbocycles. The normalized spacial score (nSPS) is 35.7. The van der Waals surface area contributed by atoms with Crippen molar-refractivity contribution in [3.63, 3.8) is 0 Å². The molecule has 7 heteroatoms. The monoisotopic (exact) mass is 442 g/mol. The molecular weight excluding hydrogens is 400 g/mol. The fraction of sp³-hybridized carbons (Fsp3) is 0.833. The van der Waals surface area contributed by atoms with E-state index in [0.29, 0.717) is 6.42 Å². The van der Waals surface area contributed by atoms with Crippen molar-refractivity contribution in [2.75, 3.05) is 28.4 Å². The van der Waals surface area contributed by atoms with Gasteiger partial charge < -0.3 is 33.5 Å². The zero-order valence-corrected chi connectivity index (χ0v) is 20.3. The third kappa shape index (κ3) is 6.60. The summed E-state index contributed by atoms with van der Waals surface area (Å²) < 4.78 is 34.0. The standard InChI is InChI=1S/C24H42O7/c1-9-17(26-5)16(4)22-24(31-22)20(25)14(2)11-10-12-15(3)21-23(29-8)18(27-6)13-19(28-7)30-21/h10-12,14,16-25H,9,13H2,1-8H3/b11-10+,15-12+/t14-,16+,17-,18-,19+,20+,21-,22-,23+,24-/m0/s1. The Bertz CT molecular complexity index is 588. The Kier molecular flexibility index (Phi) is 10.6. The van der Waals surface area contributed by atoms with Crippen molar-refractivity contribution in [1.82, 2.24) is 0 Å². The lowest BCUT2D eigenvalue weighted by Crippen LogP contribution is -2.51. The predicted octanol–water partition coefficient (Wildman–Crippen LogP) is 3.11. The summed E-state index contributed by atoms with van der Waals surface area (Å²) in [4.78, 5) is 0. The van der Waals surface area contributed by atoms with Crippen LogP contribution < -0.4 is 0 Å². The number of hydrogen-bond donors (Lipinski definition) is 1. The van der Waals surface area contributed by atoms with Crippen LogP contribution in [0.15, 0.2) is 23.8 Å². The predicted molar refractivity (Wildman–Crippen MR) is 119 cm³/mol. The fourth-order valence-electron chi connectivity index (χ4n) is 4.53. The van der Waals surface area contributed by atoms with Crippen LogP contribution in [-0.2, 0) is 28.4 Å². The van der Waals surface area contributed by atoms with Crippen LogP contribution in [0.2, 0.25) is 0 Å². The minimum absolute atomic E-state index is 0.0437. The van der Waals surface area contributed by atoms with Crippen LogP contribution in [0.1, 0.15) is 40.5 Å². The number of epoxide rings is 1. The van der Waals surface area contributed by atoms with Crippen molar-refractivity contribution >= 4 is 0 Å². The number of aliphatic hydroxyl groups is 1. The molecule has 0 radical (unpaired) electrons. The molecule has 10 atom stereocenters. The molecule has 2 saturated heterocycles. The Labute approximate surface area is 187 Å². The third-order valence-electron chi connectivity index (χ3n) is 6.69. The lowest BCUT2D eigenvalue weighted by atomic mass is 9.91.